The van der Waals surface area contributed by atoms with Crippen LogP contribution in [-0.4, -0.2) is 17.1 Å². The standard InChI is InChI=1S/C15H15NO3/c17-15(18)11-6-7-19-14(11)9-16-13-8-12(13)10-4-2-1-3-5-10/h1-7,12-13,16H,8-9H2,(H,17,18). The zero-order chi connectivity index (χ0) is 13.2. The molecular weight excluding hydrogens is 242 g/mol. The van der Waals surface area contributed by atoms with E-state index >= 15 is 0 Å². The number of hydrogen-bond acceptors (Lipinski definition) is 3. The molecule has 1 fully saturated rings. The largest absolute Gasteiger partial charge is 0.478 e. The fourth-order valence-electron chi connectivity index (χ4n) is 2.38. The second-order valence-corrected chi connectivity index (χ2v) is 4.80. The van der Waals surface area contributed by atoms with Crippen LogP contribution in [0.4, 0.5) is 0 Å². The first-order valence-corrected chi connectivity index (χ1v) is 6.33. The number of hydrogen-bond donors (Lipinski definition) is 2. The van der Waals surface area contributed by atoms with Crippen molar-refractivity contribution in [3.05, 3.63) is 59.5 Å². The van der Waals surface area contributed by atoms with Gasteiger partial charge in [0.25, 0.3) is 0 Å². The molecule has 4 nitrogen and oxygen atoms in total. The molecular formula is C15H15NO3. The summed E-state index contributed by atoms with van der Waals surface area (Å²) in [5.41, 5.74) is 1.57. The molecule has 4 heteroatoms. The van der Waals surface area contributed by atoms with Gasteiger partial charge in [0.1, 0.15) is 11.3 Å². The monoisotopic (exact) mass is 257 g/mol. The predicted molar refractivity (Wildman–Crippen MR) is 70.1 cm³/mol. The van der Waals surface area contributed by atoms with Crippen LogP contribution in [0.2, 0.25) is 0 Å². The van der Waals surface area contributed by atoms with Gasteiger partial charge in [0.2, 0.25) is 0 Å². The SMILES string of the molecule is O=C(O)c1ccoc1CNC1CC1c1ccccc1. The van der Waals surface area contributed by atoms with Crippen LogP contribution in [-0.2, 0) is 6.54 Å². The van der Waals surface area contributed by atoms with Gasteiger partial charge < -0.3 is 14.8 Å². The van der Waals surface area contributed by atoms with E-state index in [1.807, 2.05) is 18.2 Å². The van der Waals surface area contributed by atoms with E-state index in [-0.39, 0.29) is 5.56 Å². The molecule has 1 aromatic carbocycles. The molecule has 2 atom stereocenters. The minimum atomic E-state index is -0.944. The third-order valence-corrected chi connectivity index (χ3v) is 3.52. The summed E-state index contributed by atoms with van der Waals surface area (Å²) in [4.78, 5) is 10.9. The van der Waals surface area contributed by atoms with Crippen molar-refractivity contribution in [2.45, 2.75) is 24.9 Å². The highest BCUT2D eigenvalue weighted by atomic mass is 16.4. The fourth-order valence-corrected chi connectivity index (χ4v) is 2.38. The Kier molecular flexibility index (Phi) is 3.09. The van der Waals surface area contributed by atoms with Gasteiger partial charge in [-0.25, -0.2) is 4.79 Å². The van der Waals surface area contributed by atoms with Gasteiger partial charge in [0.05, 0.1) is 12.8 Å². The molecule has 0 radical (unpaired) electrons. The van der Waals surface area contributed by atoms with Gasteiger partial charge >= 0.3 is 5.97 Å². The van der Waals surface area contributed by atoms with Crippen LogP contribution in [0.25, 0.3) is 0 Å². The van der Waals surface area contributed by atoms with Crippen molar-refractivity contribution in [1.29, 1.82) is 0 Å². The number of nitrogens with one attached hydrogen (secondary N) is 1. The minimum absolute atomic E-state index is 0.240. The van der Waals surface area contributed by atoms with Gasteiger partial charge in [-0.3, -0.25) is 0 Å². The summed E-state index contributed by atoms with van der Waals surface area (Å²) < 4.78 is 5.20. The van der Waals surface area contributed by atoms with Crippen molar-refractivity contribution < 1.29 is 14.3 Å². The molecule has 1 aliphatic carbocycles. The number of furan rings is 1. The summed E-state index contributed by atoms with van der Waals surface area (Å²) in [6.45, 7) is 0.461. The number of carboxylic acids is 1. The smallest absolute Gasteiger partial charge is 0.339 e. The number of rotatable bonds is 5. The molecule has 19 heavy (non-hydrogen) atoms. The van der Waals surface area contributed by atoms with Gasteiger partial charge in [-0.15, -0.1) is 0 Å². The Bertz CT molecular complexity index is 576. The topological polar surface area (TPSA) is 62.5 Å². The first-order valence-electron chi connectivity index (χ1n) is 6.33. The lowest BCUT2D eigenvalue weighted by atomic mass is 10.1. The number of aromatic carboxylic acids is 1. The molecule has 1 heterocycles. The third-order valence-electron chi connectivity index (χ3n) is 3.52. The maximum Gasteiger partial charge on any atom is 0.339 e. The molecule has 0 spiro atoms. The fraction of sp³-hybridized carbons (Fsp3) is 0.267. The quantitative estimate of drug-likeness (QED) is 0.864. The molecule has 0 amide bonds. The number of benzene rings is 1. The Morgan fingerprint density at radius 2 is 2.11 bits per heavy atom. The van der Waals surface area contributed by atoms with Crippen LogP contribution in [0.3, 0.4) is 0 Å². The molecule has 2 aromatic rings. The molecule has 1 aliphatic rings. The first-order chi connectivity index (χ1) is 9.25. The summed E-state index contributed by atoms with van der Waals surface area (Å²) in [6, 6.07) is 12.2. The average molecular weight is 257 g/mol. The summed E-state index contributed by atoms with van der Waals surface area (Å²) in [5, 5.41) is 12.3. The van der Waals surface area contributed by atoms with E-state index in [0.29, 0.717) is 24.3 Å². The third kappa shape index (κ3) is 2.53. The Hall–Kier alpha value is -2.07. The van der Waals surface area contributed by atoms with Crippen LogP contribution in [0.5, 0.6) is 0 Å². The molecule has 0 aliphatic heterocycles. The van der Waals surface area contributed by atoms with Gasteiger partial charge in [0, 0.05) is 12.0 Å². The van der Waals surface area contributed by atoms with E-state index in [9.17, 15) is 4.79 Å². The van der Waals surface area contributed by atoms with E-state index in [0.717, 1.165) is 6.42 Å². The molecule has 0 bridgehead atoms. The zero-order valence-corrected chi connectivity index (χ0v) is 10.4. The van der Waals surface area contributed by atoms with Gasteiger partial charge in [0.15, 0.2) is 0 Å². The Balaban J connectivity index is 1.57. The van der Waals surface area contributed by atoms with Crippen LogP contribution >= 0.6 is 0 Å². The lowest BCUT2D eigenvalue weighted by Gasteiger charge is -2.03. The highest BCUT2D eigenvalue weighted by molar-refractivity contribution is 5.88. The van der Waals surface area contributed by atoms with Crippen molar-refractivity contribution in [3.8, 4) is 0 Å². The number of carbonyl (C=O) groups is 1. The second-order valence-electron chi connectivity index (χ2n) is 4.80. The van der Waals surface area contributed by atoms with Gasteiger partial charge in [-0.2, -0.15) is 0 Å². The first kappa shape index (κ1) is 12.0. The van der Waals surface area contributed by atoms with Gasteiger partial charge in [-0.05, 0) is 18.1 Å². The maximum absolute atomic E-state index is 10.9. The average Bonchev–Trinajstić information content (AvgIpc) is 3.05. The van der Waals surface area contributed by atoms with E-state index in [1.165, 1.54) is 17.9 Å². The number of carboxylic acid groups (broad SMARTS) is 1. The minimum Gasteiger partial charge on any atom is -0.478 e. The van der Waals surface area contributed by atoms with E-state index < -0.39 is 5.97 Å². The summed E-state index contributed by atoms with van der Waals surface area (Å²) in [6.07, 6.45) is 2.51. The van der Waals surface area contributed by atoms with E-state index in [2.05, 4.69) is 17.4 Å². The molecule has 1 saturated carbocycles. The summed E-state index contributed by atoms with van der Waals surface area (Å²) in [7, 11) is 0. The van der Waals surface area contributed by atoms with Crippen molar-refractivity contribution in [3.63, 3.8) is 0 Å². The predicted octanol–water partition coefficient (Wildman–Crippen LogP) is 2.62. The molecule has 1 aromatic heterocycles. The Morgan fingerprint density at radius 3 is 2.84 bits per heavy atom. The Labute approximate surface area is 111 Å². The van der Waals surface area contributed by atoms with Crippen molar-refractivity contribution in [2.24, 2.45) is 0 Å². The molecule has 3 rings (SSSR count). The maximum atomic E-state index is 10.9. The van der Waals surface area contributed by atoms with Crippen molar-refractivity contribution in [2.75, 3.05) is 0 Å². The summed E-state index contributed by atoms with van der Waals surface area (Å²) >= 11 is 0. The van der Waals surface area contributed by atoms with E-state index in [1.54, 1.807) is 0 Å². The molecule has 2 N–H and O–H groups in total. The van der Waals surface area contributed by atoms with Crippen LogP contribution in [0.15, 0.2) is 47.1 Å². The Morgan fingerprint density at radius 1 is 1.32 bits per heavy atom. The lowest BCUT2D eigenvalue weighted by Crippen LogP contribution is -2.18. The van der Waals surface area contributed by atoms with E-state index in [4.69, 9.17) is 9.52 Å². The van der Waals surface area contributed by atoms with Crippen molar-refractivity contribution >= 4 is 5.97 Å². The molecule has 0 saturated heterocycles. The normalized spacial score (nSPS) is 21.3. The highest BCUT2D eigenvalue weighted by Gasteiger charge is 2.37. The zero-order valence-electron chi connectivity index (χ0n) is 10.4. The second kappa shape index (κ2) is 4.90. The van der Waals surface area contributed by atoms with Crippen LogP contribution in [0, 0.1) is 0 Å². The van der Waals surface area contributed by atoms with Crippen LogP contribution < -0.4 is 5.32 Å². The van der Waals surface area contributed by atoms with Crippen LogP contribution in [0.1, 0.15) is 34.0 Å². The molecule has 98 valence electrons. The highest BCUT2D eigenvalue weighted by Crippen LogP contribution is 2.40. The van der Waals surface area contributed by atoms with Crippen molar-refractivity contribution in [1.82, 2.24) is 5.32 Å². The molecule has 2 unspecified atom stereocenters. The summed E-state index contributed by atoms with van der Waals surface area (Å²) in [5.74, 6) is 0.0802. The lowest BCUT2D eigenvalue weighted by molar-refractivity contribution is 0.0694. The van der Waals surface area contributed by atoms with Gasteiger partial charge in [-0.1, -0.05) is 30.3 Å².